The second-order valence-electron chi connectivity index (χ2n) is 5.21. The van der Waals surface area contributed by atoms with E-state index >= 15 is 0 Å². The van der Waals surface area contributed by atoms with E-state index in [0.717, 1.165) is 25.1 Å². The monoisotopic (exact) mass is 238 g/mol. The summed E-state index contributed by atoms with van der Waals surface area (Å²) in [6.07, 6.45) is 5.13. The van der Waals surface area contributed by atoms with E-state index in [-0.39, 0.29) is 11.4 Å². The van der Waals surface area contributed by atoms with Gasteiger partial charge in [0.1, 0.15) is 0 Å². The third kappa shape index (κ3) is 4.99. The Morgan fingerprint density at radius 2 is 2.24 bits per heavy atom. The molecular weight excluding hydrogens is 216 g/mol. The Kier molecular flexibility index (Phi) is 4.69. The van der Waals surface area contributed by atoms with Crippen molar-refractivity contribution in [2.45, 2.75) is 45.7 Å². The maximum absolute atomic E-state index is 10.5. The summed E-state index contributed by atoms with van der Waals surface area (Å²) < 4.78 is 1.95. The highest BCUT2D eigenvalue weighted by Crippen LogP contribution is 2.12. The molecule has 0 saturated carbocycles. The SMILES string of the molecule is CC(C)(C)n1cc(CNCCCC(N)=O)cn1. The first-order valence-corrected chi connectivity index (χ1v) is 5.92. The minimum absolute atomic E-state index is 0.0181. The molecule has 0 aliphatic rings. The molecule has 17 heavy (non-hydrogen) atoms. The van der Waals surface area contributed by atoms with Gasteiger partial charge in [-0.05, 0) is 33.7 Å². The lowest BCUT2D eigenvalue weighted by molar-refractivity contribution is -0.118. The van der Waals surface area contributed by atoms with Crippen molar-refractivity contribution < 1.29 is 4.79 Å². The molecule has 1 aromatic heterocycles. The van der Waals surface area contributed by atoms with Crippen molar-refractivity contribution in [3.8, 4) is 0 Å². The van der Waals surface area contributed by atoms with E-state index in [0.29, 0.717) is 6.42 Å². The lowest BCUT2D eigenvalue weighted by Crippen LogP contribution is -2.22. The highest BCUT2D eigenvalue weighted by atomic mass is 16.1. The van der Waals surface area contributed by atoms with E-state index in [4.69, 9.17) is 5.73 Å². The van der Waals surface area contributed by atoms with Gasteiger partial charge in [-0.15, -0.1) is 0 Å². The average molecular weight is 238 g/mol. The zero-order chi connectivity index (χ0) is 12.9. The quantitative estimate of drug-likeness (QED) is 0.726. The van der Waals surface area contributed by atoms with Crippen molar-refractivity contribution in [1.82, 2.24) is 15.1 Å². The molecule has 0 aromatic carbocycles. The molecule has 1 amide bonds. The predicted molar refractivity (Wildman–Crippen MR) is 67.4 cm³/mol. The van der Waals surface area contributed by atoms with Crippen LogP contribution in [0.2, 0.25) is 0 Å². The van der Waals surface area contributed by atoms with E-state index in [2.05, 4.69) is 31.2 Å². The van der Waals surface area contributed by atoms with Gasteiger partial charge in [0.2, 0.25) is 5.91 Å². The lowest BCUT2D eigenvalue weighted by atomic mass is 10.1. The number of primary amides is 1. The van der Waals surface area contributed by atoms with E-state index in [9.17, 15) is 4.79 Å². The van der Waals surface area contributed by atoms with Crippen molar-refractivity contribution >= 4 is 5.91 Å². The zero-order valence-electron chi connectivity index (χ0n) is 10.9. The van der Waals surface area contributed by atoms with E-state index < -0.39 is 0 Å². The molecule has 0 spiro atoms. The summed E-state index contributed by atoms with van der Waals surface area (Å²) in [5.74, 6) is -0.243. The first kappa shape index (κ1) is 13.7. The smallest absolute Gasteiger partial charge is 0.217 e. The summed E-state index contributed by atoms with van der Waals surface area (Å²) in [5, 5.41) is 7.58. The highest BCUT2D eigenvalue weighted by molar-refractivity contribution is 5.73. The Hall–Kier alpha value is -1.36. The van der Waals surface area contributed by atoms with Crippen LogP contribution in [0.1, 0.15) is 39.2 Å². The van der Waals surface area contributed by atoms with Crippen molar-refractivity contribution in [1.29, 1.82) is 0 Å². The molecule has 0 aliphatic heterocycles. The van der Waals surface area contributed by atoms with Crippen LogP contribution < -0.4 is 11.1 Å². The molecule has 1 heterocycles. The molecule has 1 aromatic rings. The molecule has 96 valence electrons. The highest BCUT2D eigenvalue weighted by Gasteiger charge is 2.13. The number of hydrogen-bond donors (Lipinski definition) is 2. The predicted octanol–water partition coefficient (Wildman–Crippen LogP) is 0.993. The molecule has 0 aliphatic carbocycles. The van der Waals surface area contributed by atoms with Crippen LogP contribution in [0.3, 0.4) is 0 Å². The van der Waals surface area contributed by atoms with Gasteiger partial charge in [0.25, 0.3) is 0 Å². The van der Waals surface area contributed by atoms with Gasteiger partial charge in [-0.25, -0.2) is 0 Å². The van der Waals surface area contributed by atoms with Crippen LogP contribution in [0.15, 0.2) is 12.4 Å². The van der Waals surface area contributed by atoms with E-state index in [1.54, 1.807) is 0 Å². The molecule has 0 radical (unpaired) electrons. The zero-order valence-corrected chi connectivity index (χ0v) is 10.9. The third-order valence-electron chi connectivity index (χ3n) is 2.43. The van der Waals surface area contributed by atoms with Gasteiger partial charge in [-0.3, -0.25) is 9.48 Å². The van der Waals surface area contributed by atoms with Crippen LogP contribution in [-0.2, 0) is 16.9 Å². The maximum Gasteiger partial charge on any atom is 0.217 e. The van der Waals surface area contributed by atoms with Crippen molar-refractivity contribution in [3.63, 3.8) is 0 Å². The molecule has 0 fully saturated rings. The first-order chi connectivity index (χ1) is 7.89. The molecule has 0 saturated heterocycles. The summed E-state index contributed by atoms with van der Waals surface area (Å²) >= 11 is 0. The number of carbonyl (C=O) groups excluding carboxylic acids is 1. The number of rotatable bonds is 6. The fourth-order valence-corrected chi connectivity index (χ4v) is 1.44. The fraction of sp³-hybridized carbons (Fsp3) is 0.667. The molecular formula is C12H22N4O. The number of nitrogens with one attached hydrogen (secondary N) is 1. The maximum atomic E-state index is 10.5. The van der Waals surface area contributed by atoms with Gasteiger partial charge in [0.05, 0.1) is 11.7 Å². The number of aromatic nitrogens is 2. The Labute approximate surface area is 102 Å². The first-order valence-electron chi connectivity index (χ1n) is 5.92. The summed E-state index contributed by atoms with van der Waals surface area (Å²) in [7, 11) is 0. The Bertz CT molecular complexity index is 365. The number of hydrogen-bond acceptors (Lipinski definition) is 3. The van der Waals surface area contributed by atoms with E-state index in [1.807, 2.05) is 17.1 Å². The van der Waals surface area contributed by atoms with Crippen LogP contribution in [0, 0.1) is 0 Å². The molecule has 5 heteroatoms. The normalized spacial score (nSPS) is 11.7. The minimum Gasteiger partial charge on any atom is -0.370 e. The Morgan fingerprint density at radius 1 is 1.53 bits per heavy atom. The van der Waals surface area contributed by atoms with E-state index in [1.165, 1.54) is 0 Å². The van der Waals surface area contributed by atoms with Crippen molar-refractivity contribution in [2.75, 3.05) is 6.54 Å². The van der Waals surface area contributed by atoms with Gasteiger partial charge in [0, 0.05) is 24.7 Å². The second kappa shape index (κ2) is 5.82. The van der Waals surface area contributed by atoms with Gasteiger partial charge in [-0.2, -0.15) is 5.10 Å². The summed E-state index contributed by atoms with van der Waals surface area (Å²) in [6, 6.07) is 0. The largest absolute Gasteiger partial charge is 0.370 e. The third-order valence-corrected chi connectivity index (χ3v) is 2.43. The summed E-state index contributed by atoms with van der Waals surface area (Å²) in [5.41, 5.74) is 6.23. The van der Waals surface area contributed by atoms with Gasteiger partial charge >= 0.3 is 0 Å². The molecule has 0 atom stereocenters. The van der Waals surface area contributed by atoms with Crippen LogP contribution >= 0.6 is 0 Å². The Balaban J connectivity index is 2.28. The van der Waals surface area contributed by atoms with Crippen molar-refractivity contribution in [3.05, 3.63) is 18.0 Å². The fourth-order valence-electron chi connectivity index (χ4n) is 1.44. The van der Waals surface area contributed by atoms with Crippen LogP contribution in [-0.4, -0.2) is 22.2 Å². The molecule has 0 unspecified atom stereocenters. The Morgan fingerprint density at radius 3 is 2.76 bits per heavy atom. The number of nitrogens with zero attached hydrogens (tertiary/aromatic N) is 2. The van der Waals surface area contributed by atoms with Crippen molar-refractivity contribution in [2.24, 2.45) is 5.73 Å². The van der Waals surface area contributed by atoms with Gasteiger partial charge < -0.3 is 11.1 Å². The molecule has 5 nitrogen and oxygen atoms in total. The van der Waals surface area contributed by atoms with Crippen LogP contribution in [0.25, 0.3) is 0 Å². The minimum atomic E-state index is -0.243. The molecule has 3 N–H and O–H groups in total. The molecule has 0 bridgehead atoms. The van der Waals surface area contributed by atoms with Crippen LogP contribution in [0.4, 0.5) is 0 Å². The second-order valence-corrected chi connectivity index (χ2v) is 5.21. The van der Waals surface area contributed by atoms with Gasteiger partial charge in [0.15, 0.2) is 0 Å². The number of carbonyl (C=O) groups is 1. The molecule has 1 rings (SSSR count). The topological polar surface area (TPSA) is 72.9 Å². The number of nitrogens with two attached hydrogens (primary N) is 1. The lowest BCUT2D eigenvalue weighted by Gasteiger charge is -2.18. The standard InChI is InChI=1S/C12H22N4O/c1-12(2,3)16-9-10(8-15-16)7-14-6-4-5-11(13)17/h8-9,14H,4-7H2,1-3H3,(H2,13,17). The van der Waals surface area contributed by atoms with Gasteiger partial charge in [-0.1, -0.05) is 0 Å². The average Bonchev–Trinajstić information content (AvgIpc) is 2.64. The summed E-state index contributed by atoms with van der Waals surface area (Å²) in [6.45, 7) is 7.91. The summed E-state index contributed by atoms with van der Waals surface area (Å²) in [4.78, 5) is 10.5. The number of amides is 1. The van der Waals surface area contributed by atoms with Crippen LogP contribution in [0.5, 0.6) is 0 Å².